The van der Waals surface area contributed by atoms with E-state index in [1.807, 2.05) is 43.3 Å². The minimum Gasteiger partial charge on any atom is -0.508 e. The molecule has 2 aromatic carbocycles. The van der Waals surface area contributed by atoms with Crippen LogP contribution in [0.3, 0.4) is 0 Å². The predicted molar refractivity (Wildman–Crippen MR) is 113 cm³/mol. The summed E-state index contributed by atoms with van der Waals surface area (Å²) in [5, 5.41) is 24.6. The minimum atomic E-state index is -0.362. The first-order valence-electron chi connectivity index (χ1n) is 7.96. The lowest BCUT2D eigenvalue weighted by molar-refractivity contribution is -0.122. The molecule has 2 aromatic rings. The van der Waals surface area contributed by atoms with Gasteiger partial charge >= 0.3 is 0 Å². The molecule has 1 aliphatic heterocycles. The Labute approximate surface area is 166 Å². The number of hydrazone groups is 1. The van der Waals surface area contributed by atoms with Crippen LogP contribution in [0.25, 0.3) is 6.08 Å². The fourth-order valence-corrected chi connectivity index (χ4v) is 3.50. The van der Waals surface area contributed by atoms with Crippen LogP contribution in [0.4, 0.5) is 5.69 Å². The largest absolute Gasteiger partial charge is 0.508 e. The molecular weight excluding hydrogens is 382 g/mol. The van der Waals surface area contributed by atoms with E-state index in [1.54, 1.807) is 6.21 Å². The zero-order valence-electron chi connectivity index (χ0n) is 14.7. The molecule has 1 aliphatic rings. The first-order valence-corrected chi connectivity index (χ1v) is 9.19. The van der Waals surface area contributed by atoms with Gasteiger partial charge in [-0.2, -0.15) is 10.1 Å². The highest BCUT2D eigenvalue weighted by molar-refractivity contribution is 8.26. The smallest absolute Gasteiger partial charge is 0.286 e. The standard InChI is InChI=1S/C19H17N3O3S2/c1-21(2)14-6-3-12(4-7-14)11-20-22-18(25)17(27-19(22)26)9-13-5-8-15(23)10-16(13)24/h3-11,23-24H,1-2H3/b17-9+,20-11+. The first kappa shape index (κ1) is 18.9. The van der Waals surface area contributed by atoms with Gasteiger partial charge in [0, 0.05) is 31.4 Å². The summed E-state index contributed by atoms with van der Waals surface area (Å²) in [6.45, 7) is 0. The van der Waals surface area contributed by atoms with Crippen molar-refractivity contribution in [3.8, 4) is 11.5 Å². The number of phenols is 2. The molecule has 1 amide bonds. The van der Waals surface area contributed by atoms with Gasteiger partial charge in [-0.15, -0.1) is 0 Å². The molecule has 8 heteroatoms. The Morgan fingerprint density at radius 2 is 1.85 bits per heavy atom. The molecule has 3 rings (SSSR count). The number of anilines is 1. The fourth-order valence-electron chi connectivity index (χ4n) is 2.34. The third-order valence-corrected chi connectivity index (χ3v) is 5.09. The van der Waals surface area contributed by atoms with E-state index in [0.717, 1.165) is 28.0 Å². The number of amides is 1. The van der Waals surface area contributed by atoms with Gasteiger partial charge in [0.2, 0.25) is 0 Å². The van der Waals surface area contributed by atoms with Gasteiger partial charge in [0.1, 0.15) is 11.5 Å². The molecule has 138 valence electrons. The van der Waals surface area contributed by atoms with Crippen molar-refractivity contribution in [2.75, 3.05) is 19.0 Å². The Balaban J connectivity index is 1.78. The molecule has 1 fully saturated rings. The quantitative estimate of drug-likeness (QED) is 0.466. The fraction of sp³-hybridized carbons (Fsp3) is 0.105. The van der Waals surface area contributed by atoms with E-state index in [1.165, 1.54) is 24.3 Å². The van der Waals surface area contributed by atoms with Crippen molar-refractivity contribution < 1.29 is 15.0 Å². The van der Waals surface area contributed by atoms with Crippen molar-refractivity contribution in [2.24, 2.45) is 5.10 Å². The zero-order valence-corrected chi connectivity index (χ0v) is 16.3. The number of hydrogen-bond donors (Lipinski definition) is 2. The van der Waals surface area contributed by atoms with Crippen LogP contribution >= 0.6 is 24.0 Å². The Morgan fingerprint density at radius 1 is 1.15 bits per heavy atom. The Hall–Kier alpha value is -2.84. The molecule has 2 N–H and O–H groups in total. The van der Waals surface area contributed by atoms with Gasteiger partial charge in [-0.25, -0.2) is 0 Å². The second-order valence-corrected chi connectivity index (χ2v) is 7.64. The van der Waals surface area contributed by atoms with Crippen LogP contribution in [0.1, 0.15) is 11.1 Å². The van der Waals surface area contributed by atoms with Gasteiger partial charge in [-0.05, 0) is 48.1 Å². The van der Waals surface area contributed by atoms with E-state index in [2.05, 4.69) is 5.10 Å². The Morgan fingerprint density at radius 3 is 2.48 bits per heavy atom. The minimum absolute atomic E-state index is 0.0536. The highest BCUT2D eigenvalue weighted by Crippen LogP contribution is 2.35. The van der Waals surface area contributed by atoms with Gasteiger partial charge in [0.25, 0.3) is 5.91 Å². The zero-order chi connectivity index (χ0) is 19.6. The molecule has 0 atom stereocenters. The molecule has 0 spiro atoms. The topological polar surface area (TPSA) is 76.4 Å². The van der Waals surface area contributed by atoms with Gasteiger partial charge in [-0.1, -0.05) is 23.9 Å². The van der Waals surface area contributed by atoms with Crippen LogP contribution in [-0.2, 0) is 4.79 Å². The molecule has 1 heterocycles. The normalized spacial score (nSPS) is 15.9. The molecule has 6 nitrogen and oxygen atoms in total. The van der Waals surface area contributed by atoms with E-state index in [4.69, 9.17) is 12.2 Å². The molecule has 0 bridgehead atoms. The Bertz CT molecular complexity index is 953. The van der Waals surface area contributed by atoms with E-state index >= 15 is 0 Å². The number of carbonyl (C=O) groups excluding carboxylic acids is 1. The van der Waals surface area contributed by atoms with Crippen LogP contribution < -0.4 is 4.90 Å². The van der Waals surface area contributed by atoms with Crippen molar-refractivity contribution in [3.05, 3.63) is 58.5 Å². The highest BCUT2D eigenvalue weighted by atomic mass is 32.2. The van der Waals surface area contributed by atoms with Gasteiger partial charge in [0.15, 0.2) is 4.32 Å². The van der Waals surface area contributed by atoms with Crippen molar-refractivity contribution in [3.63, 3.8) is 0 Å². The summed E-state index contributed by atoms with van der Waals surface area (Å²) in [4.78, 5) is 14.9. The summed E-state index contributed by atoms with van der Waals surface area (Å²) in [6, 6.07) is 11.9. The van der Waals surface area contributed by atoms with E-state index in [0.29, 0.717) is 14.8 Å². The summed E-state index contributed by atoms with van der Waals surface area (Å²) >= 11 is 6.35. The number of rotatable bonds is 4. The monoisotopic (exact) mass is 399 g/mol. The maximum absolute atomic E-state index is 12.6. The molecule has 0 aliphatic carbocycles. The molecule has 0 radical (unpaired) electrons. The molecule has 0 saturated carbocycles. The molecular formula is C19H17N3O3S2. The summed E-state index contributed by atoms with van der Waals surface area (Å²) in [5.74, 6) is -0.537. The summed E-state index contributed by atoms with van der Waals surface area (Å²) < 4.78 is 0.311. The average Bonchev–Trinajstić information content (AvgIpc) is 2.89. The van der Waals surface area contributed by atoms with Crippen molar-refractivity contribution >= 4 is 52.2 Å². The van der Waals surface area contributed by atoms with Crippen molar-refractivity contribution in [2.45, 2.75) is 0 Å². The third-order valence-electron chi connectivity index (χ3n) is 3.81. The second kappa shape index (κ2) is 7.81. The van der Waals surface area contributed by atoms with Gasteiger partial charge in [-0.3, -0.25) is 4.79 Å². The number of aromatic hydroxyl groups is 2. The maximum atomic E-state index is 12.6. The first-order chi connectivity index (χ1) is 12.8. The maximum Gasteiger partial charge on any atom is 0.286 e. The second-order valence-electron chi connectivity index (χ2n) is 5.97. The number of benzene rings is 2. The lowest BCUT2D eigenvalue weighted by Gasteiger charge is -2.12. The van der Waals surface area contributed by atoms with E-state index in [9.17, 15) is 15.0 Å². The summed E-state index contributed by atoms with van der Waals surface area (Å²) in [5.41, 5.74) is 2.32. The number of carbonyl (C=O) groups is 1. The number of nitrogens with zero attached hydrogens (tertiary/aromatic N) is 3. The lowest BCUT2D eigenvalue weighted by atomic mass is 10.1. The van der Waals surface area contributed by atoms with E-state index < -0.39 is 0 Å². The van der Waals surface area contributed by atoms with Crippen molar-refractivity contribution in [1.29, 1.82) is 0 Å². The van der Waals surface area contributed by atoms with Crippen LogP contribution in [0.15, 0.2) is 52.5 Å². The summed E-state index contributed by atoms with van der Waals surface area (Å²) in [7, 11) is 3.92. The average molecular weight is 399 g/mol. The molecule has 1 saturated heterocycles. The number of phenolic OH excluding ortho intramolecular Hbond substituents is 2. The summed E-state index contributed by atoms with van der Waals surface area (Å²) in [6.07, 6.45) is 3.10. The van der Waals surface area contributed by atoms with Gasteiger partial charge in [0.05, 0.1) is 11.1 Å². The van der Waals surface area contributed by atoms with Crippen LogP contribution in [-0.4, -0.2) is 45.8 Å². The SMILES string of the molecule is CN(C)c1ccc(/C=N/N2C(=O)/C(=C\c3ccc(O)cc3O)SC2=S)cc1. The Kier molecular flexibility index (Phi) is 5.48. The van der Waals surface area contributed by atoms with Crippen LogP contribution in [0.2, 0.25) is 0 Å². The predicted octanol–water partition coefficient (Wildman–Crippen LogP) is 3.40. The van der Waals surface area contributed by atoms with Crippen LogP contribution in [0.5, 0.6) is 11.5 Å². The molecule has 27 heavy (non-hydrogen) atoms. The molecule has 0 unspecified atom stereocenters. The molecule has 0 aromatic heterocycles. The number of hydrogen-bond acceptors (Lipinski definition) is 7. The number of thiocarbonyl (C=S) groups is 1. The third kappa shape index (κ3) is 4.29. The van der Waals surface area contributed by atoms with E-state index in [-0.39, 0.29) is 17.4 Å². The number of thioether (sulfide) groups is 1. The van der Waals surface area contributed by atoms with Gasteiger partial charge < -0.3 is 15.1 Å². The van der Waals surface area contributed by atoms with Crippen molar-refractivity contribution in [1.82, 2.24) is 5.01 Å². The van der Waals surface area contributed by atoms with Crippen LogP contribution in [0, 0.1) is 0 Å². The lowest BCUT2D eigenvalue weighted by Crippen LogP contribution is -2.22. The highest BCUT2D eigenvalue weighted by Gasteiger charge is 2.32.